The van der Waals surface area contributed by atoms with E-state index in [2.05, 4.69) is 19.2 Å². The summed E-state index contributed by atoms with van der Waals surface area (Å²) in [5.41, 5.74) is 1.43. The predicted octanol–water partition coefficient (Wildman–Crippen LogP) is 2.28. The summed E-state index contributed by atoms with van der Waals surface area (Å²) in [6, 6.07) is 8.10. The lowest BCUT2D eigenvalue weighted by atomic mass is 10.1. The van der Waals surface area contributed by atoms with E-state index in [1.165, 1.54) is 6.42 Å². The fourth-order valence-corrected chi connectivity index (χ4v) is 1.71. The third kappa shape index (κ3) is 1.90. The second-order valence-electron chi connectivity index (χ2n) is 4.75. The van der Waals surface area contributed by atoms with Crippen molar-refractivity contribution in [3.8, 4) is 5.75 Å². The largest absolute Gasteiger partial charge is 0.508 e. The van der Waals surface area contributed by atoms with Gasteiger partial charge in [-0.25, -0.2) is 0 Å². The maximum atomic E-state index is 9.53. The van der Waals surface area contributed by atoms with Gasteiger partial charge in [0, 0.05) is 18.2 Å². The summed E-state index contributed by atoms with van der Waals surface area (Å²) in [6.45, 7) is 5.28. The van der Waals surface area contributed by atoms with Gasteiger partial charge in [0.25, 0.3) is 0 Å². The van der Waals surface area contributed by atoms with Crippen LogP contribution in [0.2, 0.25) is 0 Å². The molecule has 0 bridgehead atoms. The van der Waals surface area contributed by atoms with Crippen molar-refractivity contribution in [1.82, 2.24) is 5.32 Å². The van der Waals surface area contributed by atoms with E-state index in [4.69, 9.17) is 0 Å². The number of phenols is 1. The van der Waals surface area contributed by atoms with E-state index in [-0.39, 0.29) is 0 Å². The van der Waals surface area contributed by atoms with Crippen LogP contribution >= 0.6 is 0 Å². The van der Waals surface area contributed by atoms with Crippen LogP contribution < -0.4 is 5.32 Å². The minimum absolute atomic E-state index is 0.387. The van der Waals surface area contributed by atoms with Gasteiger partial charge in [-0.15, -0.1) is 0 Å². The molecule has 14 heavy (non-hydrogen) atoms. The highest BCUT2D eigenvalue weighted by molar-refractivity contribution is 5.31. The van der Waals surface area contributed by atoms with Gasteiger partial charge in [0.1, 0.15) is 5.75 Å². The van der Waals surface area contributed by atoms with E-state index in [0.29, 0.717) is 17.2 Å². The first-order valence-corrected chi connectivity index (χ1v) is 5.10. The van der Waals surface area contributed by atoms with Crippen molar-refractivity contribution in [2.45, 2.75) is 32.9 Å². The summed E-state index contributed by atoms with van der Waals surface area (Å²) in [6.07, 6.45) is 1.24. The molecule has 0 radical (unpaired) electrons. The van der Waals surface area contributed by atoms with Gasteiger partial charge >= 0.3 is 0 Å². The quantitative estimate of drug-likeness (QED) is 0.768. The van der Waals surface area contributed by atoms with Gasteiger partial charge in [-0.2, -0.15) is 0 Å². The molecule has 2 rings (SSSR count). The summed E-state index contributed by atoms with van der Waals surface area (Å²) in [5, 5.41) is 13.0. The van der Waals surface area contributed by atoms with Gasteiger partial charge in [-0.3, -0.25) is 0 Å². The molecule has 0 aromatic heterocycles. The van der Waals surface area contributed by atoms with Crippen LogP contribution in [0.1, 0.15) is 25.8 Å². The molecule has 1 aromatic carbocycles. The molecular formula is C12H17NO. The minimum Gasteiger partial charge on any atom is -0.508 e. The Morgan fingerprint density at radius 3 is 2.64 bits per heavy atom. The molecule has 2 nitrogen and oxygen atoms in total. The van der Waals surface area contributed by atoms with Gasteiger partial charge in [-0.1, -0.05) is 32.0 Å². The lowest BCUT2D eigenvalue weighted by Crippen LogP contribution is -2.19. The molecule has 1 unspecified atom stereocenters. The van der Waals surface area contributed by atoms with Crippen LogP contribution in [0.25, 0.3) is 0 Å². The van der Waals surface area contributed by atoms with Crippen molar-refractivity contribution in [2.24, 2.45) is 5.41 Å². The third-order valence-corrected chi connectivity index (χ3v) is 3.04. The van der Waals surface area contributed by atoms with Crippen LogP contribution in [-0.4, -0.2) is 11.1 Å². The Morgan fingerprint density at radius 1 is 1.43 bits per heavy atom. The molecule has 1 fully saturated rings. The van der Waals surface area contributed by atoms with Gasteiger partial charge in [0.2, 0.25) is 0 Å². The second-order valence-corrected chi connectivity index (χ2v) is 4.75. The normalized spacial score (nSPS) is 23.4. The fourth-order valence-electron chi connectivity index (χ4n) is 1.71. The molecule has 1 saturated carbocycles. The molecule has 2 N–H and O–H groups in total. The summed E-state index contributed by atoms with van der Waals surface area (Å²) in [4.78, 5) is 0. The topological polar surface area (TPSA) is 32.3 Å². The zero-order valence-electron chi connectivity index (χ0n) is 8.75. The molecule has 76 valence electrons. The Balaban J connectivity index is 1.90. The SMILES string of the molecule is CC1(C)CC1NCc1ccccc1O. The third-order valence-electron chi connectivity index (χ3n) is 3.04. The summed E-state index contributed by atoms with van der Waals surface area (Å²) in [5.74, 6) is 0.387. The molecule has 0 heterocycles. The lowest BCUT2D eigenvalue weighted by molar-refractivity contribution is 0.460. The maximum absolute atomic E-state index is 9.53. The molecule has 1 aromatic rings. The Morgan fingerprint density at radius 2 is 2.07 bits per heavy atom. The molecule has 1 aliphatic carbocycles. The summed E-state index contributed by atoms with van der Waals surface area (Å²) < 4.78 is 0. The Labute approximate surface area is 85.0 Å². The summed E-state index contributed by atoms with van der Waals surface area (Å²) in [7, 11) is 0. The molecular weight excluding hydrogens is 174 g/mol. The Hall–Kier alpha value is -1.02. The van der Waals surface area contributed by atoms with Crippen LogP contribution in [0.4, 0.5) is 0 Å². The molecule has 0 saturated heterocycles. The number of para-hydroxylation sites is 1. The smallest absolute Gasteiger partial charge is 0.120 e. The van der Waals surface area contributed by atoms with E-state index < -0.39 is 0 Å². The van der Waals surface area contributed by atoms with Gasteiger partial charge in [0.05, 0.1) is 0 Å². The summed E-state index contributed by atoms with van der Waals surface area (Å²) >= 11 is 0. The van der Waals surface area contributed by atoms with Crippen molar-refractivity contribution in [3.63, 3.8) is 0 Å². The molecule has 0 amide bonds. The maximum Gasteiger partial charge on any atom is 0.120 e. The van der Waals surface area contributed by atoms with Gasteiger partial charge in [0.15, 0.2) is 0 Å². The van der Waals surface area contributed by atoms with E-state index in [1.807, 2.05) is 18.2 Å². The second kappa shape index (κ2) is 3.28. The van der Waals surface area contributed by atoms with Crippen LogP contribution in [0.5, 0.6) is 5.75 Å². The average Bonchev–Trinajstić information content (AvgIpc) is 2.73. The average molecular weight is 191 g/mol. The number of phenolic OH excluding ortho intramolecular Hbond substituents is 1. The Bertz CT molecular complexity index is 333. The zero-order valence-corrected chi connectivity index (χ0v) is 8.75. The Kier molecular flexibility index (Phi) is 2.23. The fraction of sp³-hybridized carbons (Fsp3) is 0.500. The van der Waals surface area contributed by atoms with Crippen molar-refractivity contribution in [3.05, 3.63) is 29.8 Å². The minimum atomic E-state index is 0.387. The van der Waals surface area contributed by atoms with E-state index in [9.17, 15) is 5.11 Å². The van der Waals surface area contributed by atoms with E-state index >= 15 is 0 Å². The molecule has 2 heteroatoms. The number of rotatable bonds is 3. The van der Waals surface area contributed by atoms with Crippen LogP contribution in [0, 0.1) is 5.41 Å². The lowest BCUT2D eigenvalue weighted by Gasteiger charge is -2.07. The first-order valence-electron chi connectivity index (χ1n) is 5.10. The van der Waals surface area contributed by atoms with Crippen molar-refractivity contribution in [1.29, 1.82) is 0 Å². The highest BCUT2D eigenvalue weighted by atomic mass is 16.3. The number of nitrogens with one attached hydrogen (secondary N) is 1. The molecule has 1 atom stereocenters. The van der Waals surface area contributed by atoms with Crippen molar-refractivity contribution < 1.29 is 5.11 Å². The zero-order chi connectivity index (χ0) is 10.2. The van der Waals surface area contributed by atoms with Crippen molar-refractivity contribution in [2.75, 3.05) is 0 Å². The predicted molar refractivity (Wildman–Crippen MR) is 57.1 cm³/mol. The van der Waals surface area contributed by atoms with Gasteiger partial charge < -0.3 is 10.4 Å². The van der Waals surface area contributed by atoms with Crippen LogP contribution in [0.3, 0.4) is 0 Å². The molecule has 0 aliphatic heterocycles. The molecule has 0 spiro atoms. The first kappa shape index (κ1) is 9.53. The highest BCUT2D eigenvalue weighted by Crippen LogP contribution is 2.44. The van der Waals surface area contributed by atoms with Crippen LogP contribution in [0.15, 0.2) is 24.3 Å². The first-order chi connectivity index (χ1) is 6.59. The van der Waals surface area contributed by atoms with E-state index in [0.717, 1.165) is 12.1 Å². The highest BCUT2D eigenvalue weighted by Gasteiger charge is 2.44. The number of benzene rings is 1. The molecule has 1 aliphatic rings. The van der Waals surface area contributed by atoms with Crippen LogP contribution in [-0.2, 0) is 6.54 Å². The number of aromatic hydroxyl groups is 1. The van der Waals surface area contributed by atoms with E-state index in [1.54, 1.807) is 6.07 Å². The monoisotopic (exact) mass is 191 g/mol. The van der Waals surface area contributed by atoms with Crippen molar-refractivity contribution >= 4 is 0 Å². The number of hydrogen-bond donors (Lipinski definition) is 2. The standard InChI is InChI=1S/C12H17NO/c1-12(2)7-11(12)13-8-9-5-3-4-6-10(9)14/h3-6,11,13-14H,7-8H2,1-2H3. The number of hydrogen-bond acceptors (Lipinski definition) is 2. The van der Waals surface area contributed by atoms with Gasteiger partial charge in [-0.05, 0) is 17.9 Å².